The molecule has 0 fully saturated rings. The maximum atomic E-state index is 13.5. The van der Waals surface area contributed by atoms with Crippen LogP contribution in [-0.4, -0.2) is 36.1 Å². The molecule has 0 aliphatic carbocycles. The number of aliphatic hydroxyl groups is 1. The van der Waals surface area contributed by atoms with Crippen molar-refractivity contribution in [3.63, 3.8) is 0 Å². The van der Waals surface area contributed by atoms with Crippen LogP contribution in [-0.2, 0) is 27.8 Å². The van der Waals surface area contributed by atoms with Gasteiger partial charge in [0.1, 0.15) is 23.2 Å². The number of halogens is 2. The molecule has 0 heterocycles. The zero-order valence-corrected chi connectivity index (χ0v) is 18.8. The molecule has 0 saturated carbocycles. The quantitative estimate of drug-likeness (QED) is 0.532. The molecule has 1 unspecified atom stereocenters. The minimum atomic E-state index is -3.93. The standard InChI is InChI=1S/C19H24Cl2NO4S2/c1-14(4-3-11-27(2)24)22(19-12-17(21)6-5-15(19)13-23)28(25,26)18-9-7-16(20)8-10-18/h5-10,12,14,23-24H,3-4,11,13H2,1-2H3/q+1/t14-,27?/m1/s1. The summed E-state index contributed by atoms with van der Waals surface area (Å²) in [5, 5.41) is 10.6. The summed E-state index contributed by atoms with van der Waals surface area (Å²) in [6, 6.07) is 10.3. The first kappa shape index (κ1) is 23.3. The first-order chi connectivity index (χ1) is 13.2. The number of hydrogen-bond acceptors (Lipinski definition) is 4. The molecule has 2 atom stereocenters. The largest absolute Gasteiger partial charge is 0.392 e. The molecule has 2 aromatic carbocycles. The van der Waals surface area contributed by atoms with Gasteiger partial charge < -0.3 is 5.11 Å². The molecular formula is C19H24Cl2NO4S2+. The van der Waals surface area contributed by atoms with Gasteiger partial charge in [-0.2, -0.15) is 4.55 Å². The second-order valence-electron chi connectivity index (χ2n) is 6.48. The molecule has 0 bridgehead atoms. The Hall–Kier alpha value is -0.960. The summed E-state index contributed by atoms with van der Waals surface area (Å²) in [6.45, 7) is 1.49. The fourth-order valence-corrected chi connectivity index (χ4v) is 5.50. The molecule has 0 aromatic heterocycles. The zero-order chi connectivity index (χ0) is 20.9. The van der Waals surface area contributed by atoms with Crippen LogP contribution in [0.15, 0.2) is 47.4 Å². The van der Waals surface area contributed by atoms with Gasteiger partial charge in [0.05, 0.1) is 17.2 Å². The summed E-state index contributed by atoms with van der Waals surface area (Å²) in [5.41, 5.74) is 0.808. The van der Waals surface area contributed by atoms with Crippen LogP contribution in [0.1, 0.15) is 25.3 Å². The van der Waals surface area contributed by atoms with Crippen LogP contribution in [0.2, 0.25) is 10.0 Å². The second-order valence-corrected chi connectivity index (χ2v) is 10.8. The minimum absolute atomic E-state index is 0.102. The van der Waals surface area contributed by atoms with Crippen molar-refractivity contribution in [1.82, 2.24) is 0 Å². The van der Waals surface area contributed by atoms with Crippen molar-refractivity contribution in [1.29, 1.82) is 0 Å². The van der Waals surface area contributed by atoms with Gasteiger partial charge >= 0.3 is 0 Å². The summed E-state index contributed by atoms with van der Waals surface area (Å²) in [4.78, 5) is 0.102. The van der Waals surface area contributed by atoms with Crippen LogP contribution in [0.4, 0.5) is 5.69 Å². The van der Waals surface area contributed by atoms with Gasteiger partial charge in [-0.25, -0.2) is 8.42 Å². The Morgan fingerprint density at radius 1 is 1.11 bits per heavy atom. The highest BCUT2D eigenvalue weighted by Crippen LogP contribution is 2.33. The maximum absolute atomic E-state index is 13.5. The lowest BCUT2D eigenvalue weighted by Gasteiger charge is -2.32. The van der Waals surface area contributed by atoms with E-state index in [1.54, 1.807) is 31.4 Å². The third kappa shape index (κ3) is 5.78. The van der Waals surface area contributed by atoms with E-state index in [0.29, 0.717) is 39.9 Å². The third-order valence-corrected chi connectivity index (χ3v) is 7.60. The molecule has 2 rings (SSSR count). The summed E-state index contributed by atoms with van der Waals surface area (Å²) in [7, 11) is -3.93. The molecule has 2 N–H and O–H groups in total. The molecule has 0 spiro atoms. The molecule has 0 saturated heterocycles. The van der Waals surface area contributed by atoms with Crippen molar-refractivity contribution in [3.8, 4) is 0 Å². The van der Waals surface area contributed by atoms with E-state index in [2.05, 4.69) is 0 Å². The van der Waals surface area contributed by atoms with E-state index in [0.717, 1.165) is 0 Å². The Balaban J connectivity index is 2.52. The molecule has 0 radical (unpaired) electrons. The van der Waals surface area contributed by atoms with Gasteiger partial charge in [-0.05, 0) is 56.2 Å². The molecule has 9 heteroatoms. The van der Waals surface area contributed by atoms with Gasteiger partial charge in [0.25, 0.3) is 10.0 Å². The summed E-state index contributed by atoms with van der Waals surface area (Å²) in [5.74, 6) is 0.599. The van der Waals surface area contributed by atoms with Crippen molar-refractivity contribution in [2.75, 3.05) is 16.3 Å². The van der Waals surface area contributed by atoms with Crippen molar-refractivity contribution in [3.05, 3.63) is 58.1 Å². The Kier molecular flexibility index (Phi) is 8.48. The predicted octanol–water partition coefficient (Wildman–Crippen LogP) is 4.57. The lowest BCUT2D eigenvalue weighted by atomic mass is 10.1. The van der Waals surface area contributed by atoms with E-state index in [1.165, 1.54) is 28.6 Å². The number of sulfonamides is 1. The first-order valence-electron chi connectivity index (χ1n) is 8.67. The summed E-state index contributed by atoms with van der Waals surface area (Å²) >= 11 is 11.3. The number of nitrogens with zero attached hydrogens (tertiary/aromatic N) is 1. The number of rotatable bonds is 9. The van der Waals surface area contributed by atoms with Gasteiger partial charge in [-0.15, -0.1) is 0 Å². The second kappa shape index (κ2) is 10.2. The molecular weight excluding hydrogens is 441 g/mol. The van der Waals surface area contributed by atoms with Crippen LogP contribution in [0.3, 0.4) is 0 Å². The first-order valence-corrected chi connectivity index (χ1v) is 12.6. The van der Waals surface area contributed by atoms with Crippen LogP contribution in [0.5, 0.6) is 0 Å². The zero-order valence-electron chi connectivity index (χ0n) is 15.7. The average molecular weight is 465 g/mol. The van der Waals surface area contributed by atoms with Crippen molar-refractivity contribution in [2.45, 2.75) is 37.3 Å². The number of hydrogen-bond donors (Lipinski definition) is 2. The monoisotopic (exact) mass is 464 g/mol. The van der Waals surface area contributed by atoms with Crippen molar-refractivity contribution < 1.29 is 18.1 Å². The van der Waals surface area contributed by atoms with Gasteiger partial charge in [-0.3, -0.25) is 4.31 Å². The summed E-state index contributed by atoms with van der Waals surface area (Å²) < 4.78 is 37.8. The van der Waals surface area contributed by atoms with Crippen molar-refractivity contribution >= 4 is 50.1 Å². The highest BCUT2D eigenvalue weighted by atomic mass is 35.5. The average Bonchev–Trinajstić information content (AvgIpc) is 2.62. The van der Waals surface area contributed by atoms with E-state index in [1.807, 2.05) is 0 Å². The molecule has 5 nitrogen and oxygen atoms in total. The van der Waals surface area contributed by atoms with Gasteiger partial charge in [0.2, 0.25) is 0 Å². The van der Waals surface area contributed by atoms with Crippen LogP contribution < -0.4 is 4.31 Å². The Labute approximate surface area is 179 Å². The Morgan fingerprint density at radius 2 is 1.71 bits per heavy atom. The summed E-state index contributed by atoms with van der Waals surface area (Å²) in [6.07, 6.45) is 2.94. The molecule has 2 aromatic rings. The topological polar surface area (TPSA) is 77.8 Å². The highest BCUT2D eigenvalue weighted by molar-refractivity contribution is 7.93. The van der Waals surface area contributed by atoms with E-state index in [4.69, 9.17) is 23.2 Å². The lowest BCUT2D eigenvalue weighted by molar-refractivity contribution is 0.282. The molecule has 0 aliphatic rings. The van der Waals surface area contributed by atoms with E-state index in [9.17, 15) is 18.1 Å². The number of benzene rings is 2. The third-order valence-electron chi connectivity index (χ3n) is 4.29. The lowest BCUT2D eigenvalue weighted by Crippen LogP contribution is -2.39. The smallest absolute Gasteiger partial charge is 0.264 e. The van der Waals surface area contributed by atoms with Gasteiger partial charge in [-0.1, -0.05) is 29.3 Å². The maximum Gasteiger partial charge on any atom is 0.264 e. The van der Waals surface area contributed by atoms with E-state index < -0.39 is 27.2 Å². The van der Waals surface area contributed by atoms with E-state index >= 15 is 0 Å². The van der Waals surface area contributed by atoms with Crippen LogP contribution in [0.25, 0.3) is 0 Å². The predicted molar refractivity (Wildman–Crippen MR) is 118 cm³/mol. The SMILES string of the molecule is C[C@H](CCC[S+](C)O)N(c1cc(Cl)ccc1CO)S(=O)(=O)c1ccc(Cl)cc1. The minimum Gasteiger partial charge on any atom is -0.392 e. The number of aliphatic hydroxyl groups excluding tert-OH is 1. The highest BCUT2D eigenvalue weighted by Gasteiger charge is 2.31. The van der Waals surface area contributed by atoms with Crippen LogP contribution >= 0.6 is 23.2 Å². The normalized spacial score (nSPS) is 13.9. The van der Waals surface area contributed by atoms with Crippen molar-refractivity contribution in [2.24, 2.45) is 0 Å². The fourth-order valence-electron chi connectivity index (χ4n) is 2.90. The van der Waals surface area contributed by atoms with Gasteiger partial charge in [0.15, 0.2) is 0 Å². The Morgan fingerprint density at radius 3 is 2.29 bits per heavy atom. The number of anilines is 1. The molecule has 154 valence electrons. The molecule has 0 amide bonds. The molecule has 28 heavy (non-hydrogen) atoms. The van der Waals surface area contributed by atoms with Gasteiger partial charge in [0, 0.05) is 21.7 Å². The molecule has 0 aliphatic heterocycles. The Bertz CT molecular complexity index is 889. The van der Waals surface area contributed by atoms with Crippen LogP contribution in [0, 0.1) is 0 Å². The van der Waals surface area contributed by atoms with E-state index in [-0.39, 0.29) is 11.5 Å². The fraction of sp³-hybridized carbons (Fsp3) is 0.368.